The Hall–Kier alpha value is -0.0200. The van der Waals surface area contributed by atoms with Crippen LogP contribution in [-0.2, 0) is 9.29 Å². The van der Waals surface area contributed by atoms with Gasteiger partial charge in [0.25, 0.3) is 0 Å². The van der Waals surface area contributed by atoms with Gasteiger partial charge in [0.05, 0.1) is 12.8 Å². The third kappa shape index (κ3) is 4.48. The predicted molar refractivity (Wildman–Crippen MR) is 26.4 cm³/mol. The molecule has 0 fully saturated rings. The molecular weight excluding hydrogens is 156 g/mol. The first-order valence-electron chi connectivity index (χ1n) is 2.27. The highest BCUT2D eigenvalue weighted by molar-refractivity contribution is 7.53. The minimum absolute atomic E-state index is 0.280. The van der Waals surface area contributed by atoms with E-state index in [-0.39, 0.29) is 6.42 Å². The number of hydrogen-bond donors (Lipinski definition) is 0. The Bertz CT molecular complexity index is 118. The van der Waals surface area contributed by atoms with Gasteiger partial charge in [0.2, 0.25) is 0 Å². The zero-order valence-corrected chi connectivity index (χ0v) is 5.41. The Morgan fingerprint density at radius 2 is 2.11 bits per heavy atom. The molecule has 0 radical (unpaired) electrons. The van der Waals surface area contributed by atoms with Gasteiger partial charge in [-0.05, 0) is 10.9 Å². The molecule has 0 aromatic heterocycles. The summed E-state index contributed by atoms with van der Waals surface area (Å²) >= 11 is 0. The summed E-state index contributed by atoms with van der Waals surface area (Å²) in [5.74, 6) is 0. The second kappa shape index (κ2) is 3.90. The second-order valence-corrected chi connectivity index (χ2v) is 3.19. The van der Waals surface area contributed by atoms with Crippen molar-refractivity contribution in [2.24, 2.45) is 0 Å². The van der Waals surface area contributed by atoms with Gasteiger partial charge in [-0.15, -0.1) is 4.73 Å². The molecule has 0 aromatic carbocycles. The van der Waals surface area contributed by atoms with Gasteiger partial charge in [0.1, 0.15) is 0 Å². The molecule has 0 heterocycles. The summed E-state index contributed by atoms with van der Waals surface area (Å²) in [4.78, 5) is 0. The Labute approximate surface area is 50.5 Å². The van der Waals surface area contributed by atoms with Crippen LogP contribution in [0.5, 0.6) is 0 Å². The van der Waals surface area contributed by atoms with Crippen molar-refractivity contribution >= 4 is 7.68 Å². The molecule has 0 bridgehead atoms. The molecule has 0 aliphatic carbocycles. The van der Waals surface area contributed by atoms with Crippen molar-refractivity contribution in [3.05, 3.63) is 0 Å². The first-order chi connectivity index (χ1) is 4.12. The number of rotatable bonds is 4. The van der Waals surface area contributed by atoms with Gasteiger partial charge in [0, 0.05) is 0 Å². The summed E-state index contributed by atoms with van der Waals surface area (Å²) in [6.07, 6.45) is -0.975. The number of halogens is 3. The van der Waals surface area contributed by atoms with Crippen LogP contribution in [-0.4, -0.2) is 12.8 Å². The molecule has 0 amide bonds. The van der Waals surface area contributed by atoms with Crippen LogP contribution in [0.25, 0.3) is 0 Å². The van der Waals surface area contributed by atoms with Gasteiger partial charge in [-0.2, -0.15) is 4.20 Å². The average Bonchev–Trinajstić information content (AvgIpc) is 1.84. The quantitative estimate of drug-likeness (QED) is 0.593. The Kier molecular flexibility index (Phi) is 3.89. The van der Waals surface area contributed by atoms with E-state index in [9.17, 15) is 17.7 Å². The van der Waals surface area contributed by atoms with Crippen molar-refractivity contribution in [2.45, 2.75) is 6.42 Å². The summed E-state index contributed by atoms with van der Waals surface area (Å²) in [6, 6.07) is 0. The summed E-state index contributed by atoms with van der Waals surface area (Å²) in [6.45, 7) is -0.822. The van der Waals surface area contributed by atoms with E-state index in [1.807, 2.05) is 0 Å². The van der Waals surface area contributed by atoms with Crippen molar-refractivity contribution in [3.63, 3.8) is 0 Å². The molecule has 1 unspecified atom stereocenters. The molecule has 0 spiro atoms. The second-order valence-electron chi connectivity index (χ2n) is 1.43. The van der Waals surface area contributed by atoms with Crippen molar-refractivity contribution in [2.75, 3.05) is 12.8 Å². The third-order valence-corrected chi connectivity index (χ3v) is 1.72. The van der Waals surface area contributed by atoms with E-state index >= 15 is 0 Å². The zero-order chi connectivity index (χ0) is 7.33. The molecular formula is C3H6F3O2P. The van der Waals surface area contributed by atoms with Crippen molar-refractivity contribution in [1.82, 2.24) is 0 Å². The van der Waals surface area contributed by atoms with Crippen LogP contribution in [0, 0.1) is 0 Å². The molecule has 1 atom stereocenters. The Morgan fingerprint density at radius 3 is 2.44 bits per heavy atom. The molecule has 0 rings (SSSR count). The molecule has 0 saturated carbocycles. The van der Waals surface area contributed by atoms with E-state index in [1.54, 1.807) is 0 Å². The minimum atomic E-state index is -4.60. The highest BCUT2D eigenvalue weighted by Gasteiger charge is 2.21. The van der Waals surface area contributed by atoms with E-state index < -0.39 is 20.5 Å². The van der Waals surface area contributed by atoms with Crippen molar-refractivity contribution in [1.29, 1.82) is 0 Å². The maximum atomic E-state index is 11.8. The predicted octanol–water partition coefficient (Wildman–Crippen LogP) is 2.41. The first kappa shape index (κ1) is 8.98. The fourth-order valence-corrected chi connectivity index (χ4v) is 0.849. The van der Waals surface area contributed by atoms with E-state index in [2.05, 4.69) is 4.73 Å². The van der Waals surface area contributed by atoms with Crippen LogP contribution >= 0.6 is 7.68 Å². The van der Waals surface area contributed by atoms with Crippen molar-refractivity contribution < 1.29 is 22.4 Å². The monoisotopic (exact) mass is 162 g/mol. The Balaban J connectivity index is 3.46. The van der Waals surface area contributed by atoms with Crippen LogP contribution in [0.3, 0.4) is 0 Å². The van der Waals surface area contributed by atoms with Gasteiger partial charge in [-0.3, -0.25) is 8.96 Å². The molecule has 9 heavy (non-hydrogen) atoms. The van der Waals surface area contributed by atoms with Gasteiger partial charge in [0.15, 0.2) is 0 Å². The summed E-state index contributed by atoms with van der Waals surface area (Å²) in [7, 11) is -4.60. The molecule has 0 aromatic rings. The largest absolute Gasteiger partial charge is 0.398 e. The van der Waals surface area contributed by atoms with Crippen LogP contribution in [0.2, 0.25) is 0 Å². The van der Waals surface area contributed by atoms with Crippen LogP contribution in [0.4, 0.5) is 13.1 Å². The van der Waals surface area contributed by atoms with Gasteiger partial charge >= 0.3 is 7.68 Å². The lowest BCUT2D eigenvalue weighted by atomic mass is 10.6. The molecule has 0 N–H and O–H groups in total. The number of alkyl halides is 1. The molecule has 0 saturated heterocycles. The van der Waals surface area contributed by atoms with Crippen molar-refractivity contribution in [3.8, 4) is 0 Å². The van der Waals surface area contributed by atoms with Gasteiger partial charge in [-0.1, -0.05) is 0 Å². The molecule has 0 aliphatic heterocycles. The highest BCUT2D eigenvalue weighted by Crippen LogP contribution is 2.49. The summed E-state index contributed by atoms with van der Waals surface area (Å²) < 4.78 is 46.2. The molecule has 2 nitrogen and oxygen atoms in total. The fourth-order valence-electron chi connectivity index (χ4n) is 0.283. The zero-order valence-electron chi connectivity index (χ0n) is 4.52. The molecule has 0 aliphatic rings. The Morgan fingerprint density at radius 1 is 1.56 bits per heavy atom. The molecule has 56 valence electrons. The topological polar surface area (TPSA) is 26.3 Å². The fraction of sp³-hybridized carbons (Fsp3) is 1.00. The minimum Gasteiger partial charge on any atom is -0.252 e. The lowest BCUT2D eigenvalue weighted by Gasteiger charge is -1.97. The third-order valence-electron chi connectivity index (χ3n) is 0.662. The average molecular weight is 162 g/mol. The van der Waals surface area contributed by atoms with Crippen LogP contribution in [0.15, 0.2) is 0 Å². The van der Waals surface area contributed by atoms with Gasteiger partial charge < -0.3 is 0 Å². The van der Waals surface area contributed by atoms with Crippen LogP contribution < -0.4 is 0 Å². The normalized spacial score (nSPS) is 17.2. The summed E-state index contributed by atoms with van der Waals surface area (Å²) in [5.41, 5.74) is 0. The smallest absolute Gasteiger partial charge is 0.252 e. The maximum Gasteiger partial charge on any atom is 0.398 e. The van der Waals surface area contributed by atoms with Crippen LogP contribution in [0.1, 0.15) is 6.42 Å². The summed E-state index contributed by atoms with van der Waals surface area (Å²) in [5, 5.41) is 0. The van der Waals surface area contributed by atoms with E-state index in [0.29, 0.717) is 0 Å². The number of hydrogen-bond acceptors (Lipinski definition) is 2. The standard InChI is InChI=1S/C3H6F3O2P/c4-2-1-3-9(6,7)8-5/h1-3H2. The lowest BCUT2D eigenvalue weighted by molar-refractivity contribution is -0.0121. The highest BCUT2D eigenvalue weighted by atomic mass is 31.2. The maximum absolute atomic E-state index is 11.8. The van der Waals surface area contributed by atoms with E-state index in [0.717, 1.165) is 0 Å². The SMILES string of the molecule is O=P(F)(CCCF)OF. The van der Waals surface area contributed by atoms with E-state index in [4.69, 9.17) is 0 Å². The van der Waals surface area contributed by atoms with E-state index in [1.165, 1.54) is 0 Å². The molecule has 6 heteroatoms. The lowest BCUT2D eigenvalue weighted by Crippen LogP contribution is -1.85. The first-order valence-corrected chi connectivity index (χ1v) is 3.97. The van der Waals surface area contributed by atoms with Gasteiger partial charge in [-0.25, -0.2) is 0 Å².